The number of nitrogens with one attached hydrogen (secondary N) is 1. The van der Waals surface area contributed by atoms with Crippen LogP contribution in [0.3, 0.4) is 0 Å². The Morgan fingerprint density at radius 2 is 1.89 bits per heavy atom. The number of hydrogen-bond acceptors (Lipinski definition) is 2. The Morgan fingerprint density at radius 3 is 2.50 bits per heavy atom. The molecule has 0 spiro atoms. The highest BCUT2D eigenvalue weighted by atomic mass is 15.2. The van der Waals surface area contributed by atoms with Crippen molar-refractivity contribution in [3.05, 3.63) is 0 Å². The number of rotatable bonds is 6. The van der Waals surface area contributed by atoms with Crippen LogP contribution in [0, 0.1) is 11.8 Å². The van der Waals surface area contributed by atoms with Gasteiger partial charge in [0, 0.05) is 12.6 Å². The van der Waals surface area contributed by atoms with Gasteiger partial charge in [-0.15, -0.1) is 0 Å². The lowest BCUT2D eigenvalue weighted by molar-refractivity contribution is 0.148. The first-order chi connectivity index (χ1) is 8.75. The Kier molecular flexibility index (Phi) is 5.97. The van der Waals surface area contributed by atoms with Gasteiger partial charge in [0.2, 0.25) is 0 Å². The lowest BCUT2D eigenvalue weighted by Crippen LogP contribution is -2.42. The van der Waals surface area contributed by atoms with E-state index in [-0.39, 0.29) is 0 Å². The SMILES string of the molecule is CC(C)CCN(CC1CCCNC1)C1CCCC1. The van der Waals surface area contributed by atoms with Gasteiger partial charge in [0.05, 0.1) is 0 Å². The third-order valence-electron chi connectivity index (χ3n) is 4.73. The van der Waals surface area contributed by atoms with Crippen molar-refractivity contribution in [1.29, 1.82) is 0 Å². The molecule has 0 bridgehead atoms. The van der Waals surface area contributed by atoms with Crippen LogP contribution < -0.4 is 5.32 Å². The zero-order valence-electron chi connectivity index (χ0n) is 12.5. The standard InChI is InChI=1S/C16H32N2/c1-14(2)9-11-18(16-7-3-4-8-16)13-15-6-5-10-17-12-15/h14-17H,3-13H2,1-2H3. The zero-order chi connectivity index (χ0) is 12.8. The van der Waals surface area contributed by atoms with Crippen molar-refractivity contribution in [2.24, 2.45) is 11.8 Å². The van der Waals surface area contributed by atoms with Crippen molar-refractivity contribution in [2.45, 2.75) is 64.8 Å². The van der Waals surface area contributed by atoms with Crippen LogP contribution in [0.5, 0.6) is 0 Å². The van der Waals surface area contributed by atoms with Gasteiger partial charge in [0.1, 0.15) is 0 Å². The van der Waals surface area contributed by atoms with Crippen molar-refractivity contribution in [2.75, 3.05) is 26.2 Å². The minimum atomic E-state index is 0.846. The van der Waals surface area contributed by atoms with E-state index >= 15 is 0 Å². The number of nitrogens with zero attached hydrogens (tertiary/aromatic N) is 1. The van der Waals surface area contributed by atoms with Crippen molar-refractivity contribution in [3.8, 4) is 0 Å². The molecule has 1 N–H and O–H groups in total. The van der Waals surface area contributed by atoms with Crippen LogP contribution in [0.25, 0.3) is 0 Å². The van der Waals surface area contributed by atoms with Crippen molar-refractivity contribution in [1.82, 2.24) is 10.2 Å². The van der Waals surface area contributed by atoms with E-state index in [1.807, 2.05) is 0 Å². The molecule has 0 aromatic carbocycles. The minimum Gasteiger partial charge on any atom is -0.316 e. The quantitative estimate of drug-likeness (QED) is 0.780. The van der Waals surface area contributed by atoms with E-state index < -0.39 is 0 Å². The van der Waals surface area contributed by atoms with E-state index in [1.165, 1.54) is 71.1 Å². The summed E-state index contributed by atoms with van der Waals surface area (Å²) in [5.41, 5.74) is 0. The molecule has 0 aromatic rings. The molecule has 2 aliphatic rings. The molecule has 18 heavy (non-hydrogen) atoms. The topological polar surface area (TPSA) is 15.3 Å². The van der Waals surface area contributed by atoms with E-state index in [1.54, 1.807) is 0 Å². The fourth-order valence-electron chi connectivity index (χ4n) is 3.53. The van der Waals surface area contributed by atoms with Crippen LogP contribution in [0.1, 0.15) is 58.8 Å². The Hall–Kier alpha value is -0.0800. The molecule has 2 rings (SSSR count). The molecule has 0 aromatic heterocycles. The van der Waals surface area contributed by atoms with Gasteiger partial charge in [-0.25, -0.2) is 0 Å². The third-order valence-corrected chi connectivity index (χ3v) is 4.73. The zero-order valence-corrected chi connectivity index (χ0v) is 12.5. The van der Waals surface area contributed by atoms with Crippen molar-refractivity contribution >= 4 is 0 Å². The average Bonchev–Trinajstić information content (AvgIpc) is 2.89. The van der Waals surface area contributed by atoms with E-state index in [2.05, 4.69) is 24.1 Å². The molecule has 1 heterocycles. The van der Waals surface area contributed by atoms with Gasteiger partial charge in [0.25, 0.3) is 0 Å². The second kappa shape index (κ2) is 7.49. The van der Waals surface area contributed by atoms with Crippen LogP contribution >= 0.6 is 0 Å². The van der Waals surface area contributed by atoms with Gasteiger partial charge < -0.3 is 10.2 Å². The predicted octanol–water partition coefficient (Wildman–Crippen LogP) is 3.28. The van der Waals surface area contributed by atoms with Gasteiger partial charge in [0.15, 0.2) is 0 Å². The molecule has 1 saturated carbocycles. The molecule has 1 unspecified atom stereocenters. The lowest BCUT2D eigenvalue weighted by Gasteiger charge is -2.34. The maximum Gasteiger partial charge on any atom is 0.00953 e. The summed E-state index contributed by atoms with van der Waals surface area (Å²) >= 11 is 0. The summed E-state index contributed by atoms with van der Waals surface area (Å²) in [6.07, 6.45) is 10.0. The summed E-state index contributed by atoms with van der Waals surface area (Å²) in [6, 6.07) is 0.908. The molecule has 0 amide bonds. The molecular weight excluding hydrogens is 220 g/mol. The summed E-state index contributed by atoms with van der Waals surface area (Å²) < 4.78 is 0. The summed E-state index contributed by atoms with van der Waals surface area (Å²) in [5, 5.41) is 3.57. The molecule has 1 atom stereocenters. The first kappa shape index (κ1) is 14.3. The highest BCUT2D eigenvalue weighted by molar-refractivity contribution is 4.81. The molecule has 2 nitrogen and oxygen atoms in total. The molecule has 2 heteroatoms. The summed E-state index contributed by atoms with van der Waals surface area (Å²) in [5.74, 6) is 1.75. The maximum atomic E-state index is 3.57. The largest absolute Gasteiger partial charge is 0.316 e. The van der Waals surface area contributed by atoms with Gasteiger partial charge in [-0.3, -0.25) is 0 Å². The molecular formula is C16H32N2. The normalized spacial score (nSPS) is 26.3. The van der Waals surface area contributed by atoms with E-state index in [9.17, 15) is 0 Å². The first-order valence-corrected chi connectivity index (χ1v) is 8.20. The van der Waals surface area contributed by atoms with Crippen LogP contribution in [0.2, 0.25) is 0 Å². The van der Waals surface area contributed by atoms with Crippen LogP contribution in [0.4, 0.5) is 0 Å². The Balaban J connectivity index is 1.81. The summed E-state index contributed by atoms with van der Waals surface area (Å²) in [7, 11) is 0. The molecule has 1 aliphatic heterocycles. The molecule has 1 aliphatic carbocycles. The monoisotopic (exact) mass is 252 g/mol. The minimum absolute atomic E-state index is 0.846. The van der Waals surface area contributed by atoms with Gasteiger partial charge in [-0.05, 0) is 63.6 Å². The fourth-order valence-corrected chi connectivity index (χ4v) is 3.53. The fraction of sp³-hybridized carbons (Fsp3) is 1.00. The maximum absolute atomic E-state index is 3.57. The Bertz CT molecular complexity index is 215. The molecule has 106 valence electrons. The lowest BCUT2D eigenvalue weighted by atomic mass is 9.97. The smallest absolute Gasteiger partial charge is 0.00953 e. The van der Waals surface area contributed by atoms with E-state index in [0.29, 0.717) is 0 Å². The second-order valence-corrected chi connectivity index (χ2v) is 6.83. The predicted molar refractivity (Wildman–Crippen MR) is 78.9 cm³/mol. The van der Waals surface area contributed by atoms with Crippen LogP contribution in [-0.2, 0) is 0 Å². The van der Waals surface area contributed by atoms with Crippen molar-refractivity contribution in [3.63, 3.8) is 0 Å². The summed E-state index contributed by atoms with van der Waals surface area (Å²) in [6.45, 7) is 9.89. The first-order valence-electron chi connectivity index (χ1n) is 8.20. The van der Waals surface area contributed by atoms with Gasteiger partial charge >= 0.3 is 0 Å². The van der Waals surface area contributed by atoms with Gasteiger partial charge in [-0.1, -0.05) is 26.7 Å². The average molecular weight is 252 g/mol. The van der Waals surface area contributed by atoms with E-state index in [4.69, 9.17) is 0 Å². The summed E-state index contributed by atoms with van der Waals surface area (Å²) in [4.78, 5) is 2.84. The third kappa shape index (κ3) is 4.55. The number of piperidine rings is 1. The second-order valence-electron chi connectivity index (χ2n) is 6.83. The highest BCUT2D eigenvalue weighted by Gasteiger charge is 2.25. The van der Waals surface area contributed by atoms with Gasteiger partial charge in [-0.2, -0.15) is 0 Å². The van der Waals surface area contributed by atoms with Crippen molar-refractivity contribution < 1.29 is 0 Å². The van der Waals surface area contributed by atoms with E-state index in [0.717, 1.165) is 17.9 Å². The molecule has 2 fully saturated rings. The van der Waals surface area contributed by atoms with Crippen LogP contribution in [0.15, 0.2) is 0 Å². The molecule has 1 saturated heterocycles. The Labute approximate surface area is 114 Å². The number of hydrogen-bond donors (Lipinski definition) is 1. The highest BCUT2D eigenvalue weighted by Crippen LogP contribution is 2.26. The van der Waals surface area contributed by atoms with Crippen LogP contribution in [-0.4, -0.2) is 37.1 Å². The Morgan fingerprint density at radius 1 is 1.11 bits per heavy atom. The molecule has 0 radical (unpaired) electrons.